The van der Waals surface area contributed by atoms with Crippen LogP contribution in [0.3, 0.4) is 0 Å². The van der Waals surface area contributed by atoms with E-state index < -0.39 is 0 Å². The SMILES string of the molecule is COc1ccc(C2=NN(C3=NC(=O)S/C3=C\c3cccs3)C(c3ccccc3O)C2)cc1. The topological polar surface area (TPSA) is 74.5 Å². The first-order valence-electron chi connectivity index (χ1n) is 9.97. The van der Waals surface area contributed by atoms with Crippen molar-refractivity contribution >= 4 is 46.0 Å². The second-order valence-electron chi connectivity index (χ2n) is 7.23. The minimum Gasteiger partial charge on any atom is -0.508 e. The lowest BCUT2D eigenvalue weighted by atomic mass is 9.97. The van der Waals surface area contributed by atoms with E-state index in [0.29, 0.717) is 12.3 Å². The van der Waals surface area contributed by atoms with Crippen molar-refractivity contribution in [2.45, 2.75) is 12.5 Å². The standard InChI is InChI=1S/C24H19N3O3S2/c1-30-16-10-8-15(9-11-16)19-14-20(18-6-2-3-7-21(18)28)27(26-19)23-22(32-24(29)25-23)13-17-5-4-12-31-17/h2-13,20,28H,14H2,1H3/b22-13-. The van der Waals surface area contributed by atoms with E-state index >= 15 is 0 Å². The van der Waals surface area contributed by atoms with Crippen LogP contribution in [0.5, 0.6) is 11.5 Å². The molecule has 0 saturated heterocycles. The summed E-state index contributed by atoms with van der Waals surface area (Å²) in [4.78, 5) is 18.4. The van der Waals surface area contributed by atoms with Crippen LogP contribution in [0.25, 0.3) is 6.08 Å². The lowest BCUT2D eigenvalue weighted by Crippen LogP contribution is -2.26. The molecule has 1 amide bonds. The third-order valence-electron chi connectivity index (χ3n) is 5.28. The first-order chi connectivity index (χ1) is 15.6. The number of methoxy groups -OCH3 is 1. The summed E-state index contributed by atoms with van der Waals surface area (Å²) in [6, 6.07) is 18.6. The van der Waals surface area contributed by atoms with Crippen LogP contribution >= 0.6 is 23.1 Å². The summed E-state index contributed by atoms with van der Waals surface area (Å²) in [7, 11) is 1.63. The second kappa shape index (κ2) is 8.64. The highest BCUT2D eigenvalue weighted by molar-refractivity contribution is 8.18. The minimum atomic E-state index is -0.287. The quantitative estimate of drug-likeness (QED) is 0.522. The van der Waals surface area contributed by atoms with Gasteiger partial charge in [-0.3, -0.25) is 4.79 Å². The number of carbonyl (C=O) groups is 1. The molecule has 2 aliphatic rings. The number of phenolic OH excluding ortho intramolecular Hbond substituents is 1. The third kappa shape index (κ3) is 3.94. The molecule has 1 atom stereocenters. The van der Waals surface area contributed by atoms with Crippen LogP contribution < -0.4 is 4.74 Å². The van der Waals surface area contributed by atoms with Gasteiger partial charge in [-0.05, 0) is 65.2 Å². The molecule has 32 heavy (non-hydrogen) atoms. The lowest BCUT2D eigenvalue weighted by Gasteiger charge is -2.24. The Hall–Kier alpha value is -3.36. The molecule has 0 bridgehead atoms. The smallest absolute Gasteiger partial charge is 0.311 e. The molecule has 1 unspecified atom stereocenters. The lowest BCUT2D eigenvalue weighted by molar-refractivity contribution is 0.267. The van der Waals surface area contributed by atoms with Gasteiger partial charge in [0.25, 0.3) is 0 Å². The summed E-state index contributed by atoms with van der Waals surface area (Å²) in [5, 5.41) is 18.9. The number of hydrogen-bond acceptors (Lipinski definition) is 7. The minimum absolute atomic E-state index is 0.190. The van der Waals surface area contributed by atoms with Crippen LogP contribution in [0.4, 0.5) is 4.79 Å². The molecule has 160 valence electrons. The van der Waals surface area contributed by atoms with Gasteiger partial charge in [-0.25, -0.2) is 5.01 Å². The van der Waals surface area contributed by atoms with Gasteiger partial charge in [-0.2, -0.15) is 10.1 Å². The fraction of sp³-hybridized carbons (Fsp3) is 0.125. The van der Waals surface area contributed by atoms with E-state index in [2.05, 4.69) is 4.99 Å². The summed E-state index contributed by atoms with van der Waals surface area (Å²) in [6.45, 7) is 0. The molecule has 2 aromatic carbocycles. The van der Waals surface area contributed by atoms with E-state index in [0.717, 1.165) is 44.1 Å². The number of carbonyl (C=O) groups excluding carboxylic acids is 1. The summed E-state index contributed by atoms with van der Waals surface area (Å²) in [5.74, 6) is 1.46. The van der Waals surface area contributed by atoms with Crippen LogP contribution in [0.15, 0.2) is 81.0 Å². The highest BCUT2D eigenvalue weighted by atomic mass is 32.2. The predicted molar refractivity (Wildman–Crippen MR) is 130 cm³/mol. The van der Waals surface area contributed by atoms with Gasteiger partial charge in [0, 0.05) is 16.9 Å². The summed E-state index contributed by atoms with van der Waals surface area (Å²) in [6.07, 6.45) is 2.52. The molecule has 6 nitrogen and oxygen atoms in total. The molecule has 0 spiro atoms. The number of thiophene rings is 1. The molecule has 2 aliphatic heterocycles. The van der Waals surface area contributed by atoms with Gasteiger partial charge < -0.3 is 9.84 Å². The Balaban J connectivity index is 1.58. The van der Waals surface area contributed by atoms with Crippen LogP contribution in [0.2, 0.25) is 0 Å². The van der Waals surface area contributed by atoms with Crippen molar-refractivity contribution < 1.29 is 14.6 Å². The fourth-order valence-corrected chi connectivity index (χ4v) is 5.21. The number of thioether (sulfide) groups is 1. The van der Waals surface area contributed by atoms with Gasteiger partial charge in [0.05, 0.1) is 23.8 Å². The molecule has 1 aromatic heterocycles. The van der Waals surface area contributed by atoms with E-state index in [1.807, 2.05) is 60.0 Å². The van der Waals surface area contributed by atoms with E-state index in [9.17, 15) is 9.90 Å². The number of nitrogens with zero attached hydrogens (tertiary/aromatic N) is 3. The number of amidine groups is 1. The van der Waals surface area contributed by atoms with Gasteiger partial charge in [0.1, 0.15) is 11.5 Å². The van der Waals surface area contributed by atoms with Gasteiger partial charge in [0.2, 0.25) is 0 Å². The number of benzene rings is 2. The largest absolute Gasteiger partial charge is 0.508 e. The van der Waals surface area contributed by atoms with Crippen LogP contribution in [0, 0.1) is 0 Å². The van der Waals surface area contributed by atoms with Crippen molar-refractivity contribution in [2.75, 3.05) is 7.11 Å². The van der Waals surface area contributed by atoms with E-state index in [-0.39, 0.29) is 17.0 Å². The zero-order chi connectivity index (χ0) is 22.1. The van der Waals surface area contributed by atoms with Crippen LogP contribution in [-0.2, 0) is 0 Å². The molecule has 0 radical (unpaired) electrons. The Bertz CT molecular complexity index is 1250. The number of amides is 1. The van der Waals surface area contributed by atoms with Crippen molar-refractivity contribution in [2.24, 2.45) is 10.1 Å². The van der Waals surface area contributed by atoms with Crippen LogP contribution in [0.1, 0.15) is 28.5 Å². The molecule has 0 aliphatic carbocycles. The number of para-hydroxylation sites is 1. The average Bonchev–Trinajstić information content (AvgIpc) is 3.55. The Morgan fingerprint density at radius 1 is 1.12 bits per heavy atom. The zero-order valence-corrected chi connectivity index (χ0v) is 18.8. The second-order valence-corrected chi connectivity index (χ2v) is 9.20. The van der Waals surface area contributed by atoms with Gasteiger partial charge >= 0.3 is 5.24 Å². The predicted octanol–water partition coefficient (Wildman–Crippen LogP) is 5.92. The normalized spacial score (nSPS) is 19.4. The van der Waals surface area contributed by atoms with Crippen molar-refractivity contribution in [1.82, 2.24) is 5.01 Å². The summed E-state index contributed by atoms with van der Waals surface area (Å²) < 4.78 is 5.27. The highest BCUT2D eigenvalue weighted by Gasteiger charge is 2.37. The first kappa shape index (κ1) is 20.5. The molecular formula is C24H19N3O3S2. The Kier molecular flexibility index (Phi) is 5.55. The molecule has 0 saturated carbocycles. The van der Waals surface area contributed by atoms with E-state index in [1.165, 1.54) is 0 Å². The number of aromatic hydroxyl groups is 1. The third-order valence-corrected chi connectivity index (χ3v) is 6.88. The number of phenols is 1. The maximum absolute atomic E-state index is 12.3. The maximum Gasteiger partial charge on any atom is 0.311 e. The number of aliphatic imine (C=N–C) groups is 1. The molecular weight excluding hydrogens is 442 g/mol. The molecule has 3 aromatic rings. The van der Waals surface area contributed by atoms with Crippen molar-refractivity contribution in [3.05, 3.63) is 87.0 Å². The van der Waals surface area contributed by atoms with E-state index in [1.54, 1.807) is 35.6 Å². The maximum atomic E-state index is 12.3. The Labute approximate surface area is 193 Å². The van der Waals surface area contributed by atoms with Crippen molar-refractivity contribution in [3.63, 3.8) is 0 Å². The van der Waals surface area contributed by atoms with Crippen molar-refractivity contribution in [3.8, 4) is 11.5 Å². The molecule has 5 rings (SSSR count). The van der Waals surface area contributed by atoms with Gasteiger partial charge in [0.15, 0.2) is 5.84 Å². The van der Waals surface area contributed by atoms with Gasteiger partial charge in [-0.15, -0.1) is 11.3 Å². The van der Waals surface area contributed by atoms with Crippen molar-refractivity contribution in [1.29, 1.82) is 0 Å². The van der Waals surface area contributed by atoms with Gasteiger partial charge in [-0.1, -0.05) is 24.3 Å². The van der Waals surface area contributed by atoms with E-state index in [4.69, 9.17) is 9.84 Å². The Morgan fingerprint density at radius 3 is 2.66 bits per heavy atom. The number of hydrazone groups is 1. The zero-order valence-electron chi connectivity index (χ0n) is 17.1. The Morgan fingerprint density at radius 2 is 1.94 bits per heavy atom. The number of hydrogen-bond donors (Lipinski definition) is 1. The highest BCUT2D eigenvalue weighted by Crippen LogP contribution is 2.41. The number of ether oxygens (including phenoxy) is 1. The molecule has 1 N–H and O–H groups in total. The molecule has 3 heterocycles. The fourth-order valence-electron chi connectivity index (χ4n) is 3.74. The summed E-state index contributed by atoms with van der Waals surface area (Å²) in [5.41, 5.74) is 2.54. The first-order valence-corrected chi connectivity index (χ1v) is 11.7. The number of rotatable bonds is 4. The van der Waals surface area contributed by atoms with Crippen LogP contribution in [-0.4, -0.2) is 34.0 Å². The molecule has 0 fully saturated rings. The average molecular weight is 462 g/mol. The molecule has 8 heteroatoms. The monoisotopic (exact) mass is 461 g/mol. The summed E-state index contributed by atoms with van der Waals surface area (Å²) >= 11 is 2.69.